The summed E-state index contributed by atoms with van der Waals surface area (Å²) in [6, 6.07) is 0. The van der Waals surface area contributed by atoms with Crippen LogP contribution in [0.25, 0.3) is 0 Å². The summed E-state index contributed by atoms with van der Waals surface area (Å²) >= 11 is 0. The van der Waals surface area contributed by atoms with Gasteiger partial charge in [-0.3, -0.25) is 4.79 Å². The van der Waals surface area contributed by atoms with E-state index in [9.17, 15) is 4.79 Å². The Labute approximate surface area is 86.6 Å². The minimum absolute atomic E-state index is 0.101. The molecule has 0 unspecified atom stereocenters. The largest absolute Gasteiger partial charge is 0.466 e. The Morgan fingerprint density at radius 1 is 1.57 bits per heavy atom. The van der Waals surface area contributed by atoms with Crippen molar-refractivity contribution >= 4 is 5.97 Å². The molecular weight excluding hydrogens is 176 g/mol. The molecule has 0 rings (SSSR count). The molecule has 0 radical (unpaired) electrons. The van der Waals surface area contributed by atoms with E-state index in [0.717, 1.165) is 12.8 Å². The number of carbonyl (C=O) groups is 1. The zero-order valence-corrected chi connectivity index (χ0v) is 9.16. The Hall–Kier alpha value is -1.05. The van der Waals surface area contributed by atoms with Crippen molar-refractivity contribution in [2.24, 2.45) is 5.92 Å². The van der Waals surface area contributed by atoms with E-state index >= 15 is 0 Å². The quantitative estimate of drug-likeness (QED) is 0.462. The highest BCUT2D eigenvalue weighted by Gasteiger charge is 2.03. The van der Waals surface area contributed by atoms with Crippen LogP contribution >= 0.6 is 0 Å². The van der Waals surface area contributed by atoms with E-state index in [4.69, 9.17) is 4.74 Å². The lowest BCUT2D eigenvalue weighted by molar-refractivity contribution is -0.143. The minimum atomic E-state index is -0.101. The first-order chi connectivity index (χ1) is 6.74. The molecule has 0 aromatic heterocycles. The highest BCUT2D eigenvalue weighted by Crippen LogP contribution is 2.11. The van der Waals surface area contributed by atoms with E-state index in [2.05, 4.69) is 12.7 Å². The normalized spacial score (nSPS) is 12.7. The van der Waals surface area contributed by atoms with Crippen molar-refractivity contribution < 1.29 is 9.53 Å². The van der Waals surface area contributed by atoms with E-state index in [0.29, 0.717) is 18.9 Å². The van der Waals surface area contributed by atoms with Gasteiger partial charge in [0.2, 0.25) is 0 Å². The van der Waals surface area contributed by atoms with Crippen LogP contribution in [-0.2, 0) is 9.53 Å². The van der Waals surface area contributed by atoms with Crippen LogP contribution in [0.3, 0.4) is 0 Å². The van der Waals surface area contributed by atoms with Crippen molar-refractivity contribution in [3.8, 4) is 0 Å². The fourth-order valence-corrected chi connectivity index (χ4v) is 1.26. The third-order valence-electron chi connectivity index (χ3n) is 1.97. The van der Waals surface area contributed by atoms with Crippen molar-refractivity contribution in [1.29, 1.82) is 0 Å². The van der Waals surface area contributed by atoms with Gasteiger partial charge in [0.1, 0.15) is 0 Å². The Kier molecular flexibility index (Phi) is 7.90. The predicted molar refractivity (Wildman–Crippen MR) is 59.0 cm³/mol. The number of allylic oxidation sites excluding steroid dienone is 3. The molecular formula is C12H20O2. The van der Waals surface area contributed by atoms with Crippen LogP contribution in [0.1, 0.15) is 33.1 Å². The van der Waals surface area contributed by atoms with Gasteiger partial charge in [0.05, 0.1) is 6.61 Å². The lowest BCUT2D eigenvalue weighted by Gasteiger charge is -2.06. The summed E-state index contributed by atoms with van der Waals surface area (Å²) in [7, 11) is 0. The maximum Gasteiger partial charge on any atom is 0.305 e. The second kappa shape index (κ2) is 8.54. The van der Waals surface area contributed by atoms with Crippen LogP contribution in [-0.4, -0.2) is 12.6 Å². The van der Waals surface area contributed by atoms with Gasteiger partial charge in [-0.05, 0) is 32.6 Å². The first-order valence-corrected chi connectivity index (χ1v) is 5.15. The molecule has 0 aromatic rings. The molecule has 0 aliphatic rings. The number of hydrogen-bond acceptors (Lipinski definition) is 2. The molecule has 0 aromatic carbocycles. The SMILES string of the molecule is C=C[C@@H](/C=C/C)CCCC(=O)OCC. The van der Waals surface area contributed by atoms with Gasteiger partial charge in [0.25, 0.3) is 0 Å². The number of ether oxygens (including phenoxy) is 1. The van der Waals surface area contributed by atoms with Gasteiger partial charge in [-0.2, -0.15) is 0 Å². The van der Waals surface area contributed by atoms with Gasteiger partial charge >= 0.3 is 5.97 Å². The first-order valence-electron chi connectivity index (χ1n) is 5.15. The molecule has 14 heavy (non-hydrogen) atoms. The van der Waals surface area contributed by atoms with E-state index in [1.165, 1.54) is 0 Å². The van der Waals surface area contributed by atoms with E-state index in [-0.39, 0.29) is 5.97 Å². The van der Waals surface area contributed by atoms with Crippen LogP contribution in [0.2, 0.25) is 0 Å². The maximum atomic E-state index is 11.0. The second-order valence-electron chi connectivity index (χ2n) is 3.12. The molecule has 0 fully saturated rings. The molecule has 0 heterocycles. The van der Waals surface area contributed by atoms with Gasteiger partial charge in [0.15, 0.2) is 0 Å². The molecule has 0 spiro atoms. The molecule has 0 saturated heterocycles. The third kappa shape index (κ3) is 6.46. The molecule has 0 amide bonds. The smallest absolute Gasteiger partial charge is 0.305 e. The standard InChI is InChI=1S/C12H20O2/c1-4-8-11(5-2)9-7-10-12(13)14-6-3/h4-5,8,11H,2,6-7,9-10H2,1,3H3/b8-4+/t11-/m0/s1. The Bertz CT molecular complexity index is 194. The Morgan fingerprint density at radius 2 is 2.29 bits per heavy atom. The van der Waals surface area contributed by atoms with Crippen molar-refractivity contribution in [3.63, 3.8) is 0 Å². The number of hydrogen-bond donors (Lipinski definition) is 0. The highest BCUT2D eigenvalue weighted by atomic mass is 16.5. The molecule has 0 saturated carbocycles. The summed E-state index contributed by atoms with van der Waals surface area (Å²) < 4.78 is 4.83. The number of esters is 1. The summed E-state index contributed by atoms with van der Waals surface area (Å²) in [5, 5.41) is 0. The van der Waals surface area contributed by atoms with Crippen LogP contribution in [0.15, 0.2) is 24.8 Å². The first kappa shape index (κ1) is 12.9. The van der Waals surface area contributed by atoms with Crippen LogP contribution in [0, 0.1) is 5.92 Å². The molecule has 0 aliphatic heterocycles. The Morgan fingerprint density at radius 3 is 2.79 bits per heavy atom. The van der Waals surface area contributed by atoms with Crippen LogP contribution in [0.5, 0.6) is 0 Å². The predicted octanol–water partition coefficient (Wildman–Crippen LogP) is 3.10. The third-order valence-corrected chi connectivity index (χ3v) is 1.97. The van der Waals surface area contributed by atoms with Crippen LogP contribution < -0.4 is 0 Å². The summed E-state index contributed by atoms with van der Waals surface area (Å²) in [6.07, 6.45) is 8.35. The van der Waals surface area contributed by atoms with Gasteiger partial charge < -0.3 is 4.74 Å². The summed E-state index contributed by atoms with van der Waals surface area (Å²) in [6.45, 7) is 8.03. The van der Waals surface area contributed by atoms with Gasteiger partial charge in [-0.15, -0.1) is 6.58 Å². The van der Waals surface area contributed by atoms with Crippen LogP contribution in [0.4, 0.5) is 0 Å². The number of rotatable bonds is 7. The molecule has 0 aliphatic carbocycles. The fourth-order valence-electron chi connectivity index (χ4n) is 1.26. The number of carbonyl (C=O) groups excluding carboxylic acids is 1. The van der Waals surface area contributed by atoms with Crippen molar-refractivity contribution in [2.75, 3.05) is 6.61 Å². The van der Waals surface area contributed by atoms with Crippen molar-refractivity contribution in [1.82, 2.24) is 0 Å². The molecule has 2 heteroatoms. The van der Waals surface area contributed by atoms with E-state index in [1.54, 1.807) is 0 Å². The maximum absolute atomic E-state index is 11.0. The van der Waals surface area contributed by atoms with Gasteiger partial charge in [0, 0.05) is 6.42 Å². The summed E-state index contributed by atoms with van der Waals surface area (Å²) in [4.78, 5) is 11.0. The van der Waals surface area contributed by atoms with Crippen molar-refractivity contribution in [3.05, 3.63) is 24.8 Å². The molecule has 2 nitrogen and oxygen atoms in total. The highest BCUT2D eigenvalue weighted by molar-refractivity contribution is 5.69. The molecule has 80 valence electrons. The van der Waals surface area contributed by atoms with Crippen molar-refractivity contribution in [2.45, 2.75) is 33.1 Å². The van der Waals surface area contributed by atoms with E-state index < -0.39 is 0 Å². The monoisotopic (exact) mass is 196 g/mol. The molecule has 0 N–H and O–H groups in total. The lowest BCUT2D eigenvalue weighted by atomic mass is 10.0. The zero-order valence-electron chi connectivity index (χ0n) is 9.16. The average molecular weight is 196 g/mol. The summed E-state index contributed by atoms with van der Waals surface area (Å²) in [5.41, 5.74) is 0. The fraction of sp³-hybridized carbons (Fsp3) is 0.583. The minimum Gasteiger partial charge on any atom is -0.466 e. The Balaban J connectivity index is 3.60. The molecule has 1 atom stereocenters. The van der Waals surface area contributed by atoms with E-state index in [1.807, 2.05) is 26.0 Å². The topological polar surface area (TPSA) is 26.3 Å². The summed E-state index contributed by atoms with van der Waals surface area (Å²) in [5.74, 6) is 0.283. The van der Waals surface area contributed by atoms with Gasteiger partial charge in [-0.25, -0.2) is 0 Å². The van der Waals surface area contributed by atoms with Gasteiger partial charge in [-0.1, -0.05) is 18.2 Å². The zero-order chi connectivity index (χ0) is 10.8. The molecule has 0 bridgehead atoms. The lowest BCUT2D eigenvalue weighted by Crippen LogP contribution is -2.04. The second-order valence-corrected chi connectivity index (χ2v) is 3.12. The average Bonchev–Trinajstić information content (AvgIpc) is 2.17.